The van der Waals surface area contributed by atoms with Crippen LogP contribution in [0, 0.1) is 16.0 Å². The van der Waals surface area contributed by atoms with E-state index in [2.05, 4.69) is 15.3 Å². The monoisotopic (exact) mass is 514 g/mol. The number of hydrogen-bond acceptors (Lipinski definition) is 11. The normalized spacial score (nSPS) is 23.2. The minimum absolute atomic E-state index is 0.0866. The topological polar surface area (TPSA) is 181 Å². The quantitative estimate of drug-likeness (QED) is 0.238. The molecule has 0 bridgehead atoms. The van der Waals surface area contributed by atoms with Gasteiger partial charge in [0.2, 0.25) is 0 Å². The minimum atomic E-state index is -1.02. The van der Waals surface area contributed by atoms with Crippen LogP contribution in [0.2, 0.25) is 0 Å². The number of aryl methyl sites for hydroxylation is 1. The molecule has 3 atom stereocenters. The molecule has 0 radical (unpaired) electrons. The van der Waals surface area contributed by atoms with E-state index in [0.717, 1.165) is 12.8 Å². The Bertz CT molecular complexity index is 1240. The zero-order valence-electron chi connectivity index (χ0n) is 20.3. The molecule has 14 heteroatoms. The lowest BCUT2D eigenvalue weighted by molar-refractivity contribution is -0.384. The van der Waals surface area contributed by atoms with Crippen LogP contribution in [0.25, 0.3) is 0 Å². The van der Waals surface area contributed by atoms with E-state index in [4.69, 9.17) is 19.2 Å². The van der Waals surface area contributed by atoms with Crippen molar-refractivity contribution in [2.75, 3.05) is 6.54 Å². The highest BCUT2D eigenvalue weighted by Gasteiger charge is 2.35. The first-order valence-corrected chi connectivity index (χ1v) is 11.6. The summed E-state index contributed by atoms with van der Waals surface area (Å²) in [5.74, 6) is -1.17. The number of aliphatic imine (C=N–C) groups is 2. The number of nitro groups is 1. The third-order valence-electron chi connectivity index (χ3n) is 6.11. The molecule has 1 aromatic carbocycles. The van der Waals surface area contributed by atoms with Gasteiger partial charge in [-0.15, -0.1) is 5.10 Å². The van der Waals surface area contributed by atoms with Crippen molar-refractivity contribution in [2.45, 2.75) is 51.0 Å². The molecule has 0 amide bonds. The van der Waals surface area contributed by atoms with Crippen molar-refractivity contribution < 1.29 is 33.8 Å². The zero-order chi connectivity index (χ0) is 26.6. The van der Waals surface area contributed by atoms with Crippen molar-refractivity contribution in [1.29, 1.82) is 0 Å². The first kappa shape index (κ1) is 25.9. The number of hydrogen-bond donors (Lipinski definition) is 1. The predicted octanol–water partition coefficient (Wildman–Crippen LogP) is 2.69. The summed E-state index contributed by atoms with van der Waals surface area (Å²) in [6.45, 7) is 1.80. The second-order valence-corrected chi connectivity index (χ2v) is 8.98. The Morgan fingerprint density at radius 3 is 2.73 bits per heavy atom. The predicted molar refractivity (Wildman–Crippen MR) is 128 cm³/mol. The number of nitro benzene ring substituents is 1. The van der Waals surface area contributed by atoms with Gasteiger partial charge in [-0.25, -0.2) is 14.5 Å². The molecule has 1 saturated carbocycles. The largest absolute Gasteiger partial charge is 0.514 e. The highest BCUT2D eigenvalue weighted by Crippen LogP contribution is 2.31. The maximum absolute atomic E-state index is 12.2. The standard InChI is InChI=1S/C23H26N6O8/c1-23(37-17-5-3-4-14(10-17)21(30)31)13-24-11-18(25-23)20-19(28(2)27-26-20)12-35-22(32)36-16-8-6-15(7-9-16)29(33)34/h6-9,11,14,17H,3-5,10,12-13H2,1-2H3,(H,30,31)/t14-,17-,23?/m0/s1. The molecule has 0 saturated heterocycles. The van der Waals surface area contributed by atoms with Gasteiger partial charge in [0.15, 0.2) is 5.72 Å². The van der Waals surface area contributed by atoms with E-state index in [-0.39, 0.29) is 30.7 Å². The average Bonchev–Trinajstić information content (AvgIpc) is 3.23. The Morgan fingerprint density at radius 1 is 1.27 bits per heavy atom. The van der Waals surface area contributed by atoms with Gasteiger partial charge in [-0.05, 0) is 38.3 Å². The van der Waals surface area contributed by atoms with Crippen molar-refractivity contribution in [3.8, 4) is 5.75 Å². The van der Waals surface area contributed by atoms with Gasteiger partial charge in [-0.3, -0.25) is 19.9 Å². The van der Waals surface area contributed by atoms with Gasteiger partial charge in [-0.1, -0.05) is 11.6 Å². The maximum Gasteiger partial charge on any atom is 0.514 e. The van der Waals surface area contributed by atoms with Crippen molar-refractivity contribution in [3.05, 3.63) is 45.8 Å². The summed E-state index contributed by atoms with van der Waals surface area (Å²) < 4.78 is 17.9. The van der Waals surface area contributed by atoms with E-state index in [1.807, 2.05) is 0 Å². The summed E-state index contributed by atoms with van der Waals surface area (Å²) in [6.07, 6.45) is 2.83. The van der Waals surface area contributed by atoms with Crippen LogP contribution < -0.4 is 4.74 Å². The smallest absolute Gasteiger partial charge is 0.481 e. The second-order valence-electron chi connectivity index (χ2n) is 8.98. The molecule has 0 spiro atoms. The van der Waals surface area contributed by atoms with Crippen molar-refractivity contribution in [2.24, 2.45) is 23.0 Å². The summed E-state index contributed by atoms with van der Waals surface area (Å²) in [5.41, 5.74) is 0.00600. The van der Waals surface area contributed by atoms with Crippen LogP contribution >= 0.6 is 0 Å². The summed E-state index contributed by atoms with van der Waals surface area (Å²) in [5, 5.41) is 28.2. The van der Waals surface area contributed by atoms with Crippen molar-refractivity contribution >= 4 is 29.7 Å². The Labute approximate surface area is 211 Å². The number of non-ortho nitro benzene ring substituents is 1. The van der Waals surface area contributed by atoms with E-state index in [9.17, 15) is 24.8 Å². The lowest BCUT2D eigenvalue weighted by Gasteiger charge is -2.35. The van der Waals surface area contributed by atoms with Gasteiger partial charge >= 0.3 is 12.1 Å². The van der Waals surface area contributed by atoms with Crippen LogP contribution in [0.3, 0.4) is 0 Å². The van der Waals surface area contributed by atoms with Gasteiger partial charge in [0, 0.05) is 25.4 Å². The molecule has 1 unspecified atom stereocenters. The number of carbonyl (C=O) groups excluding carboxylic acids is 1. The number of rotatable bonds is 8. The Kier molecular flexibility index (Phi) is 7.57. The van der Waals surface area contributed by atoms with Crippen LogP contribution in [0.5, 0.6) is 5.75 Å². The van der Waals surface area contributed by atoms with Crippen LogP contribution in [-0.4, -0.2) is 67.4 Å². The maximum atomic E-state index is 12.2. The number of carboxylic acids is 1. The fourth-order valence-corrected chi connectivity index (χ4v) is 4.26. The summed E-state index contributed by atoms with van der Waals surface area (Å²) in [4.78, 5) is 42.8. The molecule has 1 aliphatic heterocycles. The van der Waals surface area contributed by atoms with Gasteiger partial charge in [0.25, 0.3) is 5.69 Å². The summed E-state index contributed by atoms with van der Waals surface area (Å²) in [6, 6.07) is 4.99. The van der Waals surface area contributed by atoms with Crippen molar-refractivity contribution in [1.82, 2.24) is 15.0 Å². The molecule has 1 N–H and O–H groups in total. The number of ether oxygens (including phenoxy) is 3. The van der Waals surface area contributed by atoms with Crippen LogP contribution in [-0.2, 0) is 27.9 Å². The van der Waals surface area contributed by atoms with Gasteiger partial charge < -0.3 is 19.3 Å². The SMILES string of the molecule is Cn1nnc(C2=NC(C)(O[C@H]3CCC[C@H](C(=O)O)C3)CN=C2)c1COC(=O)Oc1ccc([N+](=O)[O-])cc1. The molecule has 14 nitrogen and oxygen atoms in total. The molecule has 1 aromatic heterocycles. The third kappa shape index (κ3) is 6.33. The number of aromatic nitrogens is 3. The van der Waals surface area contributed by atoms with E-state index >= 15 is 0 Å². The number of benzene rings is 1. The van der Waals surface area contributed by atoms with Crippen LogP contribution in [0.1, 0.15) is 44.0 Å². The van der Waals surface area contributed by atoms with E-state index in [1.165, 1.54) is 35.2 Å². The molecule has 4 rings (SSSR count). The molecular formula is C23H26N6O8. The van der Waals surface area contributed by atoms with E-state index in [1.54, 1.807) is 14.0 Å². The molecule has 196 valence electrons. The van der Waals surface area contributed by atoms with Gasteiger partial charge in [0.05, 0.1) is 23.5 Å². The fraction of sp³-hybridized carbons (Fsp3) is 0.478. The van der Waals surface area contributed by atoms with Crippen LogP contribution in [0.15, 0.2) is 34.3 Å². The average molecular weight is 514 g/mol. The molecule has 2 heterocycles. The Balaban J connectivity index is 1.42. The summed E-state index contributed by atoms with van der Waals surface area (Å²) >= 11 is 0. The van der Waals surface area contributed by atoms with Crippen molar-refractivity contribution in [3.63, 3.8) is 0 Å². The molecule has 2 aromatic rings. The highest BCUT2D eigenvalue weighted by atomic mass is 16.7. The van der Waals surface area contributed by atoms with Crippen LogP contribution in [0.4, 0.5) is 10.5 Å². The highest BCUT2D eigenvalue weighted by molar-refractivity contribution is 6.38. The fourth-order valence-electron chi connectivity index (χ4n) is 4.26. The summed E-state index contributed by atoms with van der Waals surface area (Å²) in [7, 11) is 1.63. The minimum Gasteiger partial charge on any atom is -0.481 e. The van der Waals surface area contributed by atoms with E-state index < -0.39 is 28.7 Å². The van der Waals surface area contributed by atoms with Gasteiger partial charge in [0.1, 0.15) is 29.5 Å². The van der Waals surface area contributed by atoms with Gasteiger partial charge in [-0.2, -0.15) is 0 Å². The molecule has 2 aliphatic rings. The first-order chi connectivity index (χ1) is 17.6. The van der Waals surface area contributed by atoms with E-state index in [0.29, 0.717) is 29.9 Å². The third-order valence-corrected chi connectivity index (χ3v) is 6.11. The Morgan fingerprint density at radius 2 is 2.03 bits per heavy atom. The number of nitrogens with zero attached hydrogens (tertiary/aromatic N) is 6. The lowest BCUT2D eigenvalue weighted by Crippen LogP contribution is -2.41. The first-order valence-electron chi connectivity index (χ1n) is 11.6. The zero-order valence-corrected chi connectivity index (χ0v) is 20.3. The number of aliphatic carboxylic acids is 1. The Hall–Kier alpha value is -4.20. The number of carbonyl (C=O) groups is 2. The molecule has 1 aliphatic carbocycles. The molecular weight excluding hydrogens is 488 g/mol. The number of carboxylic acid groups (broad SMARTS) is 1. The molecule has 1 fully saturated rings. The second kappa shape index (κ2) is 10.8. The molecule has 37 heavy (non-hydrogen) atoms. The lowest BCUT2D eigenvalue weighted by atomic mass is 9.87.